The van der Waals surface area contributed by atoms with Gasteiger partial charge in [-0.3, -0.25) is 0 Å². The smallest absolute Gasteiger partial charge is 0.227 e. The molecule has 0 amide bonds. The van der Waals surface area contributed by atoms with E-state index >= 15 is 0 Å². The standard InChI is InChI=1S/2C2H6.CH4O4S.F4Si/c2*1-2;1-6(3)5-4-2;1-5(2,3)4/h2*1-2H3;2H,1H3;. The van der Waals surface area contributed by atoms with Crippen LogP contribution in [0, 0.1) is 0 Å². The Morgan fingerprint density at radius 3 is 1.27 bits per heavy atom. The van der Waals surface area contributed by atoms with Crippen molar-refractivity contribution in [3.63, 3.8) is 0 Å². The van der Waals surface area contributed by atoms with E-state index in [0.29, 0.717) is 0 Å². The van der Waals surface area contributed by atoms with Crippen molar-refractivity contribution in [3.8, 4) is 0 Å². The molecule has 0 radical (unpaired) electrons. The quantitative estimate of drug-likeness (QED) is 0.277. The fraction of sp³-hybridized carbons (Fsp3) is 1.00. The lowest BCUT2D eigenvalue weighted by molar-refractivity contribution is -0.434. The van der Waals surface area contributed by atoms with Gasteiger partial charge in [-0.25, -0.2) is 25.9 Å². The minimum absolute atomic E-state index is 1.22. The highest BCUT2D eigenvalue weighted by molar-refractivity contribution is 7.79. The van der Waals surface area contributed by atoms with E-state index in [0.717, 1.165) is 0 Å². The molecule has 0 saturated heterocycles. The molecule has 0 heterocycles. The number of rotatable bonds is 2. The molecule has 0 aliphatic carbocycles. The molecule has 0 aromatic rings. The van der Waals surface area contributed by atoms with Gasteiger partial charge in [0.2, 0.25) is 0 Å². The van der Waals surface area contributed by atoms with Gasteiger partial charge < -0.3 is 0 Å². The van der Waals surface area contributed by atoms with E-state index in [9.17, 15) is 20.6 Å². The monoisotopic (exact) mass is 276 g/mol. The normalized spacial score (nSPS) is 10.5. The summed E-state index contributed by atoms with van der Waals surface area (Å²) in [6, 6.07) is 0. The van der Waals surface area contributed by atoms with Crippen LogP contribution in [0.25, 0.3) is 0 Å². The van der Waals surface area contributed by atoms with Crippen LogP contribution in [-0.2, 0) is 20.5 Å². The first-order chi connectivity index (χ1) is 6.77. The number of hydrogen-bond donors (Lipinski definition) is 1. The highest BCUT2D eigenvalue weighted by atomic mass is 32.2. The average molecular weight is 276 g/mol. The molecule has 1 atom stereocenters. The highest BCUT2D eigenvalue weighted by Gasteiger charge is 2.39. The van der Waals surface area contributed by atoms with Crippen molar-refractivity contribution in [2.45, 2.75) is 27.7 Å². The molecule has 10 heteroatoms. The second-order valence-corrected chi connectivity index (χ2v) is 2.77. The third-order valence-corrected chi connectivity index (χ3v) is 0.379. The van der Waals surface area contributed by atoms with Crippen molar-refractivity contribution >= 4 is 20.5 Å². The summed E-state index contributed by atoms with van der Waals surface area (Å²) < 4.78 is 52.5. The van der Waals surface area contributed by atoms with Crippen molar-refractivity contribution in [2.75, 3.05) is 6.26 Å². The van der Waals surface area contributed by atoms with E-state index in [1.165, 1.54) is 6.26 Å². The lowest BCUT2D eigenvalue weighted by Gasteiger charge is -1.83. The van der Waals surface area contributed by atoms with Crippen molar-refractivity contribution in [1.29, 1.82) is 0 Å². The predicted molar refractivity (Wildman–Crippen MR) is 51.7 cm³/mol. The van der Waals surface area contributed by atoms with Crippen LogP contribution in [0.1, 0.15) is 27.7 Å². The first kappa shape index (κ1) is 24.3. The van der Waals surface area contributed by atoms with Crippen molar-refractivity contribution in [3.05, 3.63) is 0 Å². The summed E-state index contributed by atoms with van der Waals surface area (Å²) in [5, 5.41) is 10.3. The first-order valence-electron chi connectivity index (χ1n) is 3.85. The fourth-order valence-corrected chi connectivity index (χ4v) is 0.129. The Balaban J connectivity index is -0.0000000610. The molecule has 15 heavy (non-hydrogen) atoms. The molecular formula is C5H16F4O4SSi. The Morgan fingerprint density at radius 2 is 1.27 bits per heavy atom. The van der Waals surface area contributed by atoms with Crippen molar-refractivity contribution < 1.29 is 35.3 Å². The van der Waals surface area contributed by atoms with E-state index in [2.05, 4.69) is 9.37 Å². The van der Waals surface area contributed by atoms with Gasteiger partial charge in [-0.1, -0.05) is 32.7 Å². The lowest BCUT2D eigenvalue weighted by Crippen LogP contribution is -2.02. The summed E-state index contributed by atoms with van der Waals surface area (Å²) in [4.78, 5) is 0. The summed E-state index contributed by atoms with van der Waals surface area (Å²) in [5.41, 5.74) is 0. The van der Waals surface area contributed by atoms with Gasteiger partial charge in [0, 0.05) is 6.26 Å². The van der Waals surface area contributed by atoms with Gasteiger partial charge in [0.25, 0.3) is 0 Å². The molecule has 4 nitrogen and oxygen atoms in total. The molecule has 0 bridgehead atoms. The minimum atomic E-state index is -6.61. The third-order valence-electron chi connectivity index (χ3n) is 0.126. The van der Waals surface area contributed by atoms with Gasteiger partial charge in [0.15, 0.2) is 11.1 Å². The van der Waals surface area contributed by atoms with E-state index in [4.69, 9.17) is 5.26 Å². The van der Waals surface area contributed by atoms with Crippen LogP contribution in [-0.4, -0.2) is 25.1 Å². The predicted octanol–water partition coefficient (Wildman–Crippen LogP) is 3.05. The molecule has 0 saturated carbocycles. The largest absolute Gasteiger partial charge is 0.844 e. The van der Waals surface area contributed by atoms with Crippen LogP contribution in [0.5, 0.6) is 0 Å². The third kappa shape index (κ3) is 227. The Kier molecular flexibility index (Phi) is 31.6. The minimum Gasteiger partial charge on any atom is -0.227 e. The maximum absolute atomic E-state index is 9.83. The van der Waals surface area contributed by atoms with Crippen LogP contribution < -0.4 is 0 Å². The molecule has 1 N–H and O–H groups in total. The summed E-state index contributed by atoms with van der Waals surface area (Å²) >= 11 is -1.54. The van der Waals surface area contributed by atoms with E-state index in [-0.39, 0.29) is 0 Å². The van der Waals surface area contributed by atoms with Gasteiger partial charge >= 0.3 is 9.41 Å². The van der Waals surface area contributed by atoms with Crippen molar-refractivity contribution in [2.24, 2.45) is 0 Å². The van der Waals surface area contributed by atoms with Gasteiger partial charge in [0.1, 0.15) is 0 Å². The molecular weight excluding hydrogens is 260 g/mol. The van der Waals surface area contributed by atoms with Crippen LogP contribution in [0.4, 0.5) is 16.4 Å². The average Bonchev–Trinajstić information content (AvgIpc) is 2.08. The molecule has 0 spiro atoms. The molecule has 0 aliphatic rings. The second-order valence-electron chi connectivity index (χ2n) is 0.973. The van der Waals surface area contributed by atoms with E-state index in [1.54, 1.807) is 0 Å². The molecule has 0 aliphatic heterocycles. The molecule has 0 rings (SSSR count). The van der Waals surface area contributed by atoms with Gasteiger partial charge in [-0.2, -0.15) is 0 Å². The van der Waals surface area contributed by atoms with Crippen molar-refractivity contribution in [1.82, 2.24) is 0 Å². The maximum atomic E-state index is 9.83. The van der Waals surface area contributed by atoms with Gasteiger partial charge in [0.05, 0.1) is 0 Å². The number of hydrogen-bond acceptors (Lipinski definition) is 4. The Bertz CT molecular complexity index is 118. The Hall–Kier alpha value is -0.0331. The zero-order valence-corrected chi connectivity index (χ0v) is 10.9. The fourth-order valence-electron chi connectivity index (χ4n) is 0.0429. The molecule has 98 valence electrons. The van der Waals surface area contributed by atoms with E-state index in [1.807, 2.05) is 27.7 Å². The second kappa shape index (κ2) is 19.5. The van der Waals surface area contributed by atoms with Crippen LogP contribution in [0.2, 0.25) is 0 Å². The molecule has 0 aromatic heterocycles. The summed E-state index contributed by atoms with van der Waals surface area (Å²) in [6.45, 7) is 8.00. The summed E-state index contributed by atoms with van der Waals surface area (Å²) in [5.74, 6) is 0. The maximum Gasteiger partial charge on any atom is 0.844 e. The van der Waals surface area contributed by atoms with Crippen LogP contribution >= 0.6 is 0 Å². The zero-order chi connectivity index (χ0) is 13.5. The highest BCUT2D eigenvalue weighted by Crippen LogP contribution is 2.06. The number of halogens is 4. The van der Waals surface area contributed by atoms with E-state index < -0.39 is 20.5 Å². The first-order valence-corrected chi connectivity index (χ1v) is 6.84. The Morgan fingerprint density at radius 1 is 1.07 bits per heavy atom. The zero-order valence-electron chi connectivity index (χ0n) is 9.09. The summed E-state index contributed by atoms with van der Waals surface area (Å²) in [7, 11) is -6.61. The van der Waals surface area contributed by atoms with Gasteiger partial charge in [-0.05, 0) is 0 Å². The summed E-state index contributed by atoms with van der Waals surface area (Å²) in [6.07, 6.45) is 1.22. The molecule has 0 fully saturated rings. The molecule has 0 aromatic carbocycles. The van der Waals surface area contributed by atoms with Crippen LogP contribution in [0.15, 0.2) is 0 Å². The molecule has 1 unspecified atom stereocenters. The lowest BCUT2D eigenvalue weighted by atomic mass is 11.0. The SMILES string of the molecule is CC.CC.CS(=O)OOO.F[Si](F)(F)F. The Labute approximate surface area is 90.4 Å². The van der Waals surface area contributed by atoms with Crippen LogP contribution in [0.3, 0.4) is 0 Å². The topological polar surface area (TPSA) is 55.8 Å². The van der Waals surface area contributed by atoms with Gasteiger partial charge in [-0.15, -0.1) is 4.33 Å².